The Labute approximate surface area is 182 Å². The number of nitrogens with zero attached hydrogens (tertiary/aromatic N) is 4. The Bertz CT molecular complexity index is 1140. The van der Waals surface area contributed by atoms with Gasteiger partial charge in [0.2, 0.25) is 5.91 Å². The normalized spacial score (nSPS) is 15.2. The number of anilines is 1. The van der Waals surface area contributed by atoms with Crippen molar-refractivity contribution in [3.63, 3.8) is 0 Å². The molecule has 0 bridgehead atoms. The first kappa shape index (κ1) is 20.9. The molecule has 0 saturated carbocycles. The number of amides is 2. The van der Waals surface area contributed by atoms with Gasteiger partial charge in [-0.2, -0.15) is 0 Å². The first-order valence-electron chi connectivity index (χ1n) is 9.54. The minimum absolute atomic E-state index is 0.0675. The highest BCUT2D eigenvalue weighted by atomic mass is 32.2. The van der Waals surface area contributed by atoms with Gasteiger partial charge in [-0.05, 0) is 24.3 Å². The van der Waals surface area contributed by atoms with Crippen LogP contribution < -0.4 is 15.0 Å². The SMILES string of the molecule is CNC(=O)C1CN(C(=O)CSc2nnc(-c3ccccc3F)n2C)c2ccccc2O1. The molecule has 0 radical (unpaired) electrons. The number of hydrogen-bond donors (Lipinski definition) is 1. The highest BCUT2D eigenvalue weighted by molar-refractivity contribution is 7.99. The largest absolute Gasteiger partial charge is 0.477 e. The molecule has 31 heavy (non-hydrogen) atoms. The van der Waals surface area contributed by atoms with Crippen molar-refractivity contribution in [1.29, 1.82) is 0 Å². The van der Waals surface area contributed by atoms with Gasteiger partial charge >= 0.3 is 0 Å². The average molecular weight is 441 g/mol. The molecule has 3 aromatic rings. The van der Waals surface area contributed by atoms with Gasteiger partial charge in [-0.1, -0.05) is 36.0 Å². The predicted molar refractivity (Wildman–Crippen MR) is 114 cm³/mol. The first-order chi connectivity index (χ1) is 15.0. The third-order valence-electron chi connectivity index (χ3n) is 4.89. The fourth-order valence-electron chi connectivity index (χ4n) is 3.29. The van der Waals surface area contributed by atoms with Gasteiger partial charge in [0.1, 0.15) is 11.6 Å². The summed E-state index contributed by atoms with van der Waals surface area (Å²) in [7, 11) is 3.25. The molecular weight excluding hydrogens is 421 g/mol. The number of benzene rings is 2. The van der Waals surface area contributed by atoms with Gasteiger partial charge in [-0.25, -0.2) is 4.39 Å². The van der Waals surface area contributed by atoms with Crippen LogP contribution in [0.25, 0.3) is 11.4 Å². The Kier molecular flexibility index (Phi) is 5.90. The van der Waals surface area contributed by atoms with Gasteiger partial charge in [0.05, 0.1) is 23.5 Å². The number of carbonyl (C=O) groups excluding carboxylic acids is 2. The van der Waals surface area contributed by atoms with Gasteiger partial charge in [-0.3, -0.25) is 9.59 Å². The highest BCUT2D eigenvalue weighted by Gasteiger charge is 2.33. The van der Waals surface area contributed by atoms with Crippen molar-refractivity contribution >= 4 is 29.3 Å². The Morgan fingerprint density at radius 2 is 1.94 bits per heavy atom. The van der Waals surface area contributed by atoms with Crippen LogP contribution in [0.1, 0.15) is 0 Å². The maximum Gasteiger partial charge on any atom is 0.262 e. The van der Waals surface area contributed by atoms with E-state index in [0.717, 1.165) is 0 Å². The maximum atomic E-state index is 14.1. The van der Waals surface area contributed by atoms with Crippen molar-refractivity contribution in [3.8, 4) is 17.1 Å². The smallest absolute Gasteiger partial charge is 0.262 e. The second-order valence-corrected chi connectivity index (χ2v) is 7.77. The van der Waals surface area contributed by atoms with E-state index in [2.05, 4.69) is 15.5 Å². The number of hydrogen-bond acceptors (Lipinski definition) is 6. The fraction of sp³-hybridized carbons (Fsp3) is 0.238. The molecule has 4 rings (SSSR count). The zero-order chi connectivity index (χ0) is 22.0. The molecule has 1 aliphatic rings. The molecule has 2 aromatic carbocycles. The van der Waals surface area contributed by atoms with Crippen LogP contribution in [0, 0.1) is 5.82 Å². The van der Waals surface area contributed by atoms with E-state index in [0.29, 0.717) is 28.0 Å². The quantitative estimate of drug-likeness (QED) is 0.611. The molecule has 1 unspecified atom stereocenters. The van der Waals surface area contributed by atoms with Crippen molar-refractivity contribution in [2.24, 2.45) is 7.05 Å². The Morgan fingerprint density at radius 3 is 2.71 bits per heavy atom. The number of ether oxygens (including phenoxy) is 1. The topological polar surface area (TPSA) is 89.4 Å². The first-order valence-corrected chi connectivity index (χ1v) is 10.5. The summed E-state index contributed by atoms with van der Waals surface area (Å²) < 4.78 is 21.5. The van der Waals surface area contributed by atoms with E-state index in [1.807, 2.05) is 0 Å². The monoisotopic (exact) mass is 441 g/mol. The number of halogens is 1. The lowest BCUT2D eigenvalue weighted by molar-refractivity contribution is -0.127. The lowest BCUT2D eigenvalue weighted by atomic mass is 10.2. The zero-order valence-corrected chi connectivity index (χ0v) is 17.7. The number of thioether (sulfide) groups is 1. The highest BCUT2D eigenvalue weighted by Crippen LogP contribution is 2.34. The maximum absolute atomic E-state index is 14.1. The predicted octanol–water partition coefficient (Wildman–Crippen LogP) is 2.25. The molecule has 2 amide bonds. The summed E-state index contributed by atoms with van der Waals surface area (Å²) in [6, 6.07) is 13.4. The molecule has 8 nitrogen and oxygen atoms in total. The minimum Gasteiger partial charge on any atom is -0.477 e. The van der Waals surface area contributed by atoms with Crippen molar-refractivity contribution in [1.82, 2.24) is 20.1 Å². The van der Waals surface area contributed by atoms with Crippen molar-refractivity contribution < 1.29 is 18.7 Å². The molecule has 2 heterocycles. The summed E-state index contributed by atoms with van der Waals surface area (Å²) in [5.74, 6) is 0.0206. The van der Waals surface area contributed by atoms with Crippen LogP contribution in [0.4, 0.5) is 10.1 Å². The van der Waals surface area contributed by atoms with Crippen LogP contribution in [0.2, 0.25) is 0 Å². The lowest BCUT2D eigenvalue weighted by Crippen LogP contribution is -2.50. The van der Waals surface area contributed by atoms with Gasteiger partial charge in [0.25, 0.3) is 5.91 Å². The van der Waals surface area contributed by atoms with E-state index in [-0.39, 0.29) is 24.1 Å². The molecule has 1 N–H and O–H groups in total. The molecule has 0 aliphatic carbocycles. The van der Waals surface area contributed by atoms with E-state index in [9.17, 15) is 14.0 Å². The van der Waals surface area contributed by atoms with E-state index in [1.165, 1.54) is 24.9 Å². The Hall–Kier alpha value is -3.40. The molecule has 1 atom stereocenters. The minimum atomic E-state index is -0.795. The summed E-state index contributed by atoms with van der Waals surface area (Å²) in [6.45, 7) is 0.107. The van der Waals surface area contributed by atoms with Crippen LogP contribution in [-0.2, 0) is 16.6 Å². The second kappa shape index (κ2) is 8.76. The summed E-state index contributed by atoms with van der Waals surface area (Å²) in [4.78, 5) is 26.7. The number of fused-ring (bicyclic) bond motifs is 1. The third-order valence-corrected chi connectivity index (χ3v) is 5.89. The molecule has 0 saturated heterocycles. The van der Waals surface area contributed by atoms with Gasteiger partial charge in [0, 0.05) is 14.1 Å². The molecular formula is C21H20FN5O3S. The molecule has 1 aliphatic heterocycles. The van der Waals surface area contributed by atoms with Crippen LogP contribution in [0.15, 0.2) is 53.7 Å². The molecule has 0 fully saturated rings. The van der Waals surface area contributed by atoms with Gasteiger partial charge < -0.3 is 19.5 Å². The second-order valence-electron chi connectivity index (χ2n) is 6.83. The van der Waals surface area contributed by atoms with Gasteiger partial charge in [-0.15, -0.1) is 10.2 Å². The Morgan fingerprint density at radius 1 is 1.19 bits per heavy atom. The van der Waals surface area contributed by atoms with Crippen LogP contribution in [-0.4, -0.2) is 52.0 Å². The lowest BCUT2D eigenvalue weighted by Gasteiger charge is -2.33. The number of aromatic nitrogens is 3. The van der Waals surface area contributed by atoms with Crippen molar-refractivity contribution in [3.05, 3.63) is 54.3 Å². The third kappa shape index (κ3) is 4.11. The van der Waals surface area contributed by atoms with Crippen LogP contribution >= 0.6 is 11.8 Å². The number of carbonyl (C=O) groups is 2. The summed E-state index contributed by atoms with van der Waals surface area (Å²) >= 11 is 1.19. The zero-order valence-electron chi connectivity index (χ0n) is 16.9. The van der Waals surface area contributed by atoms with E-state index < -0.39 is 11.9 Å². The summed E-state index contributed by atoms with van der Waals surface area (Å²) in [5.41, 5.74) is 0.949. The molecule has 160 valence electrons. The fourth-order valence-corrected chi connectivity index (χ4v) is 4.08. The number of rotatable bonds is 5. The number of likely N-dealkylation sites (N-methyl/N-ethyl adjacent to an activating group) is 1. The molecule has 1 aromatic heterocycles. The van der Waals surface area contributed by atoms with Gasteiger partial charge in [0.15, 0.2) is 17.1 Å². The summed E-state index contributed by atoms with van der Waals surface area (Å²) in [5, 5.41) is 11.2. The molecule has 10 heteroatoms. The van der Waals surface area contributed by atoms with E-state index in [1.54, 1.807) is 59.0 Å². The summed E-state index contributed by atoms with van der Waals surface area (Å²) in [6.07, 6.45) is -0.795. The van der Waals surface area contributed by atoms with Crippen molar-refractivity contribution in [2.75, 3.05) is 24.2 Å². The van der Waals surface area contributed by atoms with E-state index >= 15 is 0 Å². The average Bonchev–Trinajstić information content (AvgIpc) is 3.16. The Balaban J connectivity index is 1.51. The standard InChI is InChI=1S/C21H20FN5O3S/c1-23-20(29)17-11-27(15-9-5-6-10-16(15)30-17)18(28)12-31-21-25-24-19(26(21)2)13-7-3-4-8-14(13)22/h3-10,17H,11-12H2,1-2H3,(H,23,29). The van der Waals surface area contributed by atoms with Crippen LogP contribution in [0.3, 0.4) is 0 Å². The van der Waals surface area contributed by atoms with E-state index in [4.69, 9.17) is 4.74 Å². The van der Waals surface area contributed by atoms with Crippen molar-refractivity contribution in [2.45, 2.75) is 11.3 Å². The van der Waals surface area contributed by atoms with Crippen LogP contribution in [0.5, 0.6) is 5.75 Å². The number of nitrogens with one attached hydrogen (secondary N) is 1. The molecule has 0 spiro atoms. The number of para-hydroxylation sites is 2.